The van der Waals surface area contributed by atoms with Crippen molar-refractivity contribution in [2.24, 2.45) is 0 Å². The molecule has 2 aromatic heterocycles. The van der Waals surface area contributed by atoms with E-state index in [2.05, 4.69) is 25.6 Å². The topological polar surface area (TPSA) is 139 Å². The van der Waals surface area contributed by atoms with Gasteiger partial charge in [0.15, 0.2) is 0 Å². The molecule has 102 valence electrons. The Morgan fingerprint density at radius 2 is 2.40 bits per heavy atom. The number of rotatable bonds is 5. The molecule has 2 aromatic rings. The number of fused-ring (bicyclic) bond motifs is 1. The normalized spacial score (nSPS) is 11.1. The van der Waals surface area contributed by atoms with Gasteiger partial charge in [-0.3, -0.25) is 0 Å². The van der Waals surface area contributed by atoms with Crippen LogP contribution in [0, 0.1) is 16.7 Å². The number of aromatic nitrogens is 3. The molecule has 20 heavy (non-hydrogen) atoms. The van der Waals surface area contributed by atoms with E-state index in [4.69, 9.17) is 28.0 Å². The number of anilines is 2. The van der Waals surface area contributed by atoms with E-state index in [0.29, 0.717) is 21.8 Å². The Morgan fingerprint density at radius 3 is 3.10 bits per heavy atom. The number of nitrogens with zero attached hydrogens (tertiary/aromatic N) is 3. The Hall–Kier alpha value is -2.79. The Bertz CT molecular complexity index is 711. The molecule has 0 fully saturated rings. The van der Waals surface area contributed by atoms with Crippen molar-refractivity contribution in [1.82, 2.24) is 20.3 Å². The Kier molecular flexibility index (Phi) is 4.02. The van der Waals surface area contributed by atoms with Gasteiger partial charge in [0, 0.05) is 18.6 Å². The Balaban J connectivity index is 2.27. The zero-order valence-corrected chi connectivity index (χ0v) is 11.0. The third-order valence-electron chi connectivity index (χ3n) is 2.36. The summed E-state index contributed by atoms with van der Waals surface area (Å²) in [6.07, 6.45) is 4.11. The number of H-pyrrole nitrogens is 1. The highest BCUT2D eigenvalue weighted by Gasteiger charge is 2.10. The first-order valence-corrected chi connectivity index (χ1v) is 5.91. The van der Waals surface area contributed by atoms with Crippen molar-refractivity contribution in [1.29, 1.82) is 10.7 Å². The van der Waals surface area contributed by atoms with Gasteiger partial charge < -0.3 is 26.8 Å². The van der Waals surface area contributed by atoms with Crippen molar-refractivity contribution in [3.63, 3.8) is 0 Å². The summed E-state index contributed by atoms with van der Waals surface area (Å²) in [5.41, 5.74) is 6.70. The molecule has 9 heteroatoms. The van der Waals surface area contributed by atoms with Crippen molar-refractivity contribution < 1.29 is 0 Å². The highest BCUT2D eigenvalue weighted by molar-refractivity contribution is 6.36. The average Bonchev–Trinajstić information content (AvgIpc) is 2.80. The molecule has 0 unspecified atom stereocenters. The minimum atomic E-state index is 0.132. The summed E-state index contributed by atoms with van der Waals surface area (Å²) in [6, 6.07) is 1.92. The second-order valence-electron chi connectivity index (χ2n) is 3.70. The summed E-state index contributed by atoms with van der Waals surface area (Å²) in [6.45, 7) is 0.132. The molecular weight excluding hydrogens is 280 g/mol. The van der Waals surface area contributed by atoms with Gasteiger partial charge in [-0.05, 0) is 0 Å². The summed E-state index contributed by atoms with van der Waals surface area (Å²) in [5, 5.41) is 22.2. The van der Waals surface area contributed by atoms with E-state index in [1.54, 1.807) is 6.20 Å². The minimum Gasteiger partial charge on any atom is -0.383 e. The molecule has 0 aliphatic rings. The number of hydrogen-bond donors (Lipinski definition) is 5. The van der Waals surface area contributed by atoms with Crippen molar-refractivity contribution in [3.05, 3.63) is 23.1 Å². The molecule has 0 spiro atoms. The molecule has 0 aliphatic heterocycles. The van der Waals surface area contributed by atoms with Gasteiger partial charge in [0.2, 0.25) is 5.95 Å². The van der Waals surface area contributed by atoms with E-state index in [1.807, 2.05) is 6.07 Å². The highest BCUT2D eigenvalue weighted by atomic mass is 35.5. The van der Waals surface area contributed by atoms with Gasteiger partial charge in [-0.1, -0.05) is 11.6 Å². The van der Waals surface area contributed by atoms with Crippen molar-refractivity contribution >= 4 is 40.6 Å². The second-order valence-corrected chi connectivity index (χ2v) is 4.11. The standard InChI is InChI=1S/C11H11ClN8/c12-7-5-17-10-8(7)9(15)19-11(20-10)18-6(3-14)4-16-2-1-13/h3-5,14,16H,2H2,(H4,15,17,18,19,20)/b6-4+,14-3?. The summed E-state index contributed by atoms with van der Waals surface area (Å²) >= 11 is 5.95. The van der Waals surface area contributed by atoms with Crippen LogP contribution in [0.25, 0.3) is 11.0 Å². The molecule has 6 N–H and O–H groups in total. The Labute approximate surface area is 119 Å². The number of allylic oxidation sites excluding steroid dienone is 1. The number of aromatic amines is 1. The van der Waals surface area contributed by atoms with Crippen LogP contribution in [-0.4, -0.2) is 27.7 Å². The van der Waals surface area contributed by atoms with Crippen molar-refractivity contribution in [2.75, 3.05) is 17.6 Å². The largest absolute Gasteiger partial charge is 0.383 e. The third-order valence-corrected chi connectivity index (χ3v) is 2.66. The zero-order valence-electron chi connectivity index (χ0n) is 10.2. The molecule has 0 bridgehead atoms. The predicted molar refractivity (Wildman–Crippen MR) is 77.4 cm³/mol. The second kappa shape index (κ2) is 5.90. The fraction of sp³-hybridized carbons (Fsp3) is 0.0909. The molecule has 0 atom stereocenters. The van der Waals surface area contributed by atoms with E-state index in [-0.39, 0.29) is 18.3 Å². The lowest BCUT2D eigenvalue weighted by Gasteiger charge is -2.06. The van der Waals surface area contributed by atoms with Crippen LogP contribution in [0.1, 0.15) is 0 Å². The number of nitrogen functional groups attached to an aromatic ring is 1. The summed E-state index contributed by atoms with van der Waals surface area (Å²) < 4.78 is 0. The number of nitrogens with one attached hydrogen (secondary N) is 4. The van der Waals surface area contributed by atoms with Gasteiger partial charge in [-0.15, -0.1) is 0 Å². The van der Waals surface area contributed by atoms with E-state index in [0.717, 1.165) is 6.21 Å². The van der Waals surface area contributed by atoms with Crippen molar-refractivity contribution in [2.45, 2.75) is 0 Å². The molecule has 0 saturated heterocycles. The van der Waals surface area contributed by atoms with Gasteiger partial charge >= 0.3 is 0 Å². The molecule has 0 radical (unpaired) electrons. The molecule has 0 aromatic carbocycles. The number of nitrogens with two attached hydrogens (primary N) is 1. The maximum Gasteiger partial charge on any atom is 0.231 e. The maximum absolute atomic E-state index is 8.42. The van der Waals surface area contributed by atoms with Crippen LogP contribution in [0.15, 0.2) is 18.1 Å². The summed E-state index contributed by atoms with van der Waals surface area (Å²) in [7, 11) is 0. The van der Waals surface area contributed by atoms with E-state index >= 15 is 0 Å². The number of halogens is 1. The average molecular weight is 291 g/mol. The molecule has 0 aliphatic carbocycles. The van der Waals surface area contributed by atoms with E-state index in [1.165, 1.54) is 6.20 Å². The molecule has 0 saturated carbocycles. The molecule has 2 heterocycles. The van der Waals surface area contributed by atoms with Crippen LogP contribution < -0.4 is 16.4 Å². The fourth-order valence-corrected chi connectivity index (χ4v) is 1.77. The molecular formula is C11H11ClN8. The van der Waals surface area contributed by atoms with Crippen LogP contribution in [0.3, 0.4) is 0 Å². The first-order valence-electron chi connectivity index (χ1n) is 5.53. The van der Waals surface area contributed by atoms with Gasteiger partial charge in [0.25, 0.3) is 0 Å². The monoisotopic (exact) mass is 290 g/mol. The van der Waals surface area contributed by atoms with E-state index in [9.17, 15) is 0 Å². The van der Waals surface area contributed by atoms with Gasteiger partial charge in [0.1, 0.15) is 18.0 Å². The fourth-order valence-electron chi connectivity index (χ4n) is 1.53. The minimum absolute atomic E-state index is 0.132. The lowest BCUT2D eigenvalue weighted by molar-refractivity contribution is 0.985. The summed E-state index contributed by atoms with van der Waals surface area (Å²) in [5.74, 6) is 0.458. The SMILES string of the molecule is N#CCN/C=C(\C=N)Nc1nc(N)c2c(Cl)c[nH]c2n1. The Morgan fingerprint density at radius 1 is 1.60 bits per heavy atom. The molecule has 0 amide bonds. The highest BCUT2D eigenvalue weighted by Crippen LogP contribution is 2.26. The van der Waals surface area contributed by atoms with Gasteiger partial charge in [-0.25, -0.2) is 0 Å². The zero-order chi connectivity index (χ0) is 14.5. The number of nitriles is 1. The third kappa shape index (κ3) is 2.78. The molecule has 8 nitrogen and oxygen atoms in total. The smallest absolute Gasteiger partial charge is 0.231 e. The number of hydrogen-bond acceptors (Lipinski definition) is 7. The van der Waals surface area contributed by atoms with E-state index < -0.39 is 0 Å². The predicted octanol–water partition coefficient (Wildman–Crippen LogP) is 1.21. The van der Waals surface area contributed by atoms with Crippen LogP contribution in [0.2, 0.25) is 5.02 Å². The van der Waals surface area contributed by atoms with Crippen LogP contribution in [-0.2, 0) is 0 Å². The lowest BCUT2D eigenvalue weighted by Crippen LogP contribution is -2.12. The van der Waals surface area contributed by atoms with Gasteiger partial charge in [0.05, 0.1) is 22.2 Å². The van der Waals surface area contributed by atoms with Crippen LogP contribution in [0.5, 0.6) is 0 Å². The lowest BCUT2D eigenvalue weighted by atomic mass is 10.4. The first kappa shape index (κ1) is 13.6. The van der Waals surface area contributed by atoms with Gasteiger partial charge in [-0.2, -0.15) is 15.2 Å². The van der Waals surface area contributed by atoms with Crippen molar-refractivity contribution in [3.8, 4) is 6.07 Å². The quantitative estimate of drug-likeness (QED) is 0.318. The van der Waals surface area contributed by atoms with Crippen LogP contribution in [0.4, 0.5) is 11.8 Å². The van der Waals surface area contributed by atoms with Crippen LogP contribution >= 0.6 is 11.6 Å². The molecule has 2 rings (SSSR count). The first-order chi connectivity index (χ1) is 9.65. The maximum atomic E-state index is 8.42. The summed E-state index contributed by atoms with van der Waals surface area (Å²) in [4.78, 5) is 11.1.